The molecule has 0 radical (unpaired) electrons. The lowest BCUT2D eigenvalue weighted by atomic mass is 9.80. The molecule has 42 heavy (non-hydrogen) atoms. The minimum Gasteiger partial charge on any atom is -0.444 e. The highest BCUT2D eigenvalue weighted by Crippen LogP contribution is 2.26. The molecule has 1 saturated heterocycles. The summed E-state index contributed by atoms with van der Waals surface area (Å²) in [7, 11) is 1.63. The summed E-state index contributed by atoms with van der Waals surface area (Å²) in [5, 5.41) is 8.83. The Morgan fingerprint density at radius 1 is 1.29 bits per heavy atom. The van der Waals surface area contributed by atoms with Crippen LogP contribution in [0.4, 0.5) is 13.2 Å². The van der Waals surface area contributed by atoms with Crippen LogP contribution in [0.5, 0.6) is 0 Å². The molecule has 1 amide bonds. The van der Waals surface area contributed by atoms with E-state index in [2.05, 4.69) is 30.9 Å². The number of oxazole rings is 1. The second kappa shape index (κ2) is 14.2. The lowest BCUT2D eigenvalue weighted by molar-refractivity contribution is -0.125. The summed E-state index contributed by atoms with van der Waals surface area (Å²) in [6.45, 7) is 7.17. The van der Waals surface area contributed by atoms with Crippen molar-refractivity contribution >= 4 is 23.6 Å². The quantitative estimate of drug-likeness (QED) is 0.147. The van der Waals surface area contributed by atoms with E-state index in [9.17, 15) is 22.8 Å². The summed E-state index contributed by atoms with van der Waals surface area (Å²) in [6, 6.07) is 3.32. The molecule has 1 fully saturated rings. The van der Waals surface area contributed by atoms with E-state index in [-0.39, 0.29) is 41.6 Å². The number of pyridine rings is 1. The van der Waals surface area contributed by atoms with Crippen molar-refractivity contribution in [1.29, 1.82) is 0 Å². The van der Waals surface area contributed by atoms with E-state index in [1.165, 1.54) is 25.4 Å². The third-order valence-electron chi connectivity index (χ3n) is 6.73. The van der Waals surface area contributed by atoms with Crippen LogP contribution in [0.15, 0.2) is 52.0 Å². The molecule has 14 heteroatoms. The Balaban J connectivity index is 1.71. The number of rotatable bonds is 14. The Morgan fingerprint density at radius 2 is 2.02 bits per heavy atom. The summed E-state index contributed by atoms with van der Waals surface area (Å²) in [5.41, 5.74) is 6.75. The third-order valence-corrected chi connectivity index (χ3v) is 6.73. The molecule has 1 aliphatic rings. The number of alkyl halides is 3. The van der Waals surface area contributed by atoms with Crippen molar-refractivity contribution in [3.63, 3.8) is 0 Å². The van der Waals surface area contributed by atoms with E-state index in [4.69, 9.17) is 14.9 Å². The van der Waals surface area contributed by atoms with Gasteiger partial charge in [-0.3, -0.25) is 14.8 Å². The van der Waals surface area contributed by atoms with E-state index in [0.29, 0.717) is 36.6 Å². The second-order valence-electron chi connectivity index (χ2n) is 10.5. The molecule has 2 aromatic rings. The Bertz CT molecular complexity index is 1330. The molecule has 2 aromatic heterocycles. The number of aliphatic imine (C=N–C) groups is 1. The molecule has 0 spiro atoms. The maximum absolute atomic E-state index is 13.0. The van der Waals surface area contributed by atoms with Crippen LogP contribution in [0.3, 0.4) is 0 Å². The van der Waals surface area contributed by atoms with Crippen molar-refractivity contribution in [2.45, 2.75) is 39.4 Å². The Hall–Kier alpha value is -4.04. The van der Waals surface area contributed by atoms with E-state index >= 15 is 0 Å². The van der Waals surface area contributed by atoms with Crippen molar-refractivity contribution in [2.24, 2.45) is 22.1 Å². The van der Waals surface area contributed by atoms with Gasteiger partial charge in [-0.2, -0.15) is 13.2 Å². The van der Waals surface area contributed by atoms with Gasteiger partial charge in [-0.25, -0.2) is 4.98 Å². The summed E-state index contributed by atoms with van der Waals surface area (Å²) >= 11 is 0. The average Bonchev–Trinajstić information content (AvgIpc) is 3.42. The van der Waals surface area contributed by atoms with Crippen LogP contribution in [-0.4, -0.2) is 73.6 Å². The molecule has 0 bridgehead atoms. The first-order valence-electron chi connectivity index (χ1n) is 13.2. The standard InChI is InChI=1S/C28H36F3N7O4/c1-17(5-7-28(29,30)31)21-9-18(6-8-34-21)26-38-23(15-42-26)25(40)37-22(12-33-4)24(32)36-11-19(27(2,3)16-39)10-35-20-13-41-14-20/h5-6,8-9,12,15-16,19-20,33,35H,7,10-11,13-14H2,1-4H3,(H2,32,36)(H,37,40)/b17-5-,22-12+. The van der Waals surface area contributed by atoms with Gasteiger partial charge >= 0.3 is 6.18 Å². The van der Waals surface area contributed by atoms with Crippen molar-refractivity contribution in [3.05, 3.63) is 54.0 Å². The Kier molecular flexibility index (Phi) is 11.0. The lowest BCUT2D eigenvalue weighted by Crippen LogP contribution is -2.49. The predicted molar refractivity (Wildman–Crippen MR) is 151 cm³/mol. The molecule has 0 saturated carbocycles. The predicted octanol–water partition coefficient (Wildman–Crippen LogP) is 3.07. The first-order chi connectivity index (χ1) is 19.8. The number of nitrogens with two attached hydrogens (primary N) is 1. The third kappa shape index (κ3) is 9.24. The topological polar surface area (TPSA) is 157 Å². The van der Waals surface area contributed by atoms with Gasteiger partial charge in [0.1, 0.15) is 18.4 Å². The largest absolute Gasteiger partial charge is 0.444 e. The molecule has 1 unspecified atom stereocenters. The number of aldehydes is 1. The zero-order valence-corrected chi connectivity index (χ0v) is 23.9. The Morgan fingerprint density at radius 3 is 2.64 bits per heavy atom. The van der Waals surface area contributed by atoms with Gasteiger partial charge in [0.2, 0.25) is 5.89 Å². The first kappa shape index (κ1) is 32.5. The number of hydrogen-bond donors (Lipinski definition) is 4. The summed E-state index contributed by atoms with van der Waals surface area (Å²) in [5.74, 6) is -0.677. The summed E-state index contributed by atoms with van der Waals surface area (Å²) in [6.07, 6.45) is 0.568. The molecule has 3 rings (SSSR count). The number of amidine groups is 1. The van der Waals surface area contributed by atoms with Gasteiger partial charge in [0, 0.05) is 49.4 Å². The summed E-state index contributed by atoms with van der Waals surface area (Å²) in [4.78, 5) is 37.5. The number of carbonyl (C=O) groups excluding carboxylic acids is 2. The van der Waals surface area contributed by atoms with Crippen LogP contribution in [0.25, 0.3) is 17.0 Å². The van der Waals surface area contributed by atoms with E-state index < -0.39 is 23.9 Å². The first-order valence-corrected chi connectivity index (χ1v) is 13.2. The van der Waals surface area contributed by atoms with Crippen LogP contribution in [-0.2, 0) is 9.53 Å². The van der Waals surface area contributed by atoms with E-state index in [1.807, 2.05) is 13.8 Å². The number of carbonyl (C=O) groups is 2. The number of nitrogens with zero attached hydrogens (tertiary/aromatic N) is 3. The number of amides is 1. The minimum atomic E-state index is -4.32. The molecular weight excluding hydrogens is 555 g/mol. The highest BCUT2D eigenvalue weighted by Gasteiger charge is 2.31. The van der Waals surface area contributed by atoms with Crippen molar-refractivity contribution in [3.8, 4) is 11.5 Å². The van der Waals surface area contributed by atoms with E-state index in [0.717, 1.165) is 18.6 Å². The average molecular weight is 592 g/mol. The van der Waals surface area contributed by atoms with Crippen molar-refractivity contribution < 1.29 is 31.9 Å². The van der Waals surface area contributed by atoms with Crippen LogP contribution in [0.2, 0.25) is 0 Å². The fourth-order valence-corrected chi connectivity index (χ4v) is 3.78. The van der Waals surface area contributed by atoms with Crippen LogP contribution < -0.4 is 21.7 Å². The number of hydrogen-bond acceptors (Lipinski definition) is 9. The molecule has 11 nitrogen and oxygen atoms in total. The van der Waals surface area contributed by atoms with Gasteiger partial charge in [0.05, 0.1) is 37.1 Å². The second-order valence-corrected chi connectivity index (χ2v) is 10.5. The molecule has 228 valence electrons. The number of halogens is 3. The highest BCUT2D eigenvalue weighted by atomic mass is 19.4. The SMILES string of the molecule is CN/C=C(/NC(=O)c1coc(-c2ccnc(/C(C)=C\CC(F)(F)F)c2)n1)C(N)=NCC(CNC1COC1)C(C)(C)C=O. The molecule has 1 aliphatic heterocycles. The van der Waals surface area contributed by atoms with Crippen LogP contribution in [0.1, 0.15) is 43.4 Å². The zero-order chi connectivity index (χ0) is 30.9. The minimum absolute atomic E-state index is 0.0417. The fraction of sp³-hybridized carbons (Fsp3) is 0.464. The Labute approximate surface area is 241 Å². The normalized spacial score (nSPS) is 16.1. The number of ether oxygens (including phenoxy) is 1. The van der Waals surface area contributed by atoms with E-state index in [1.54, 1.807) is 13.1 Å². The summed E-state index contributed by atoms with van der Waals surface area (Å²) < 4.78 is 48.4. The number of aromatic nitrogens is 2. The highest BCUT2D eigenvalue weighted by molar-refractivity contribution is 6.03. The lowest BCUT2D eigenvalue weighted by Gasteiger charge is -2.33. The molecular formula is C28H36F3N7O4. The van der Waals surface area contributed by atoms with Gasteiger partial charge in [-0.1, -0.05) is 19.9 Å². The monoisotopic (exact) mass is 591 g/mol. The number of allylic oxidation sites excluding steroid dienone is 2. The van der Waals surface area contributed by atoms with Gasteiger partial charge < -0.3 is 35.6 Å². The van der Waals surface area contributed by atoms with Gasteiger partial charge in [0.15, 0.2) is 5.69 Å². The van der Waals surface area contributed by atoms with Crippen LogP contribution in [0, 0.1) is 11.3 Å². The van der Waals surface area contributed by atoms with Crippen molar-refractivity contribution in [1.82, 2.24) is 25.9 Å². The number of nitrogens with one attached hydrogen (secondary N) is 3. The maximum atomic E-state index is 13.0. The van der Waals surface area contributed by atoms with Crippen LogP contribution >= 0.6 is 0 Å². The molecule has 5 N–H and O–H groups in total. The molecule has 3 heterocycles. The zero-order valence-electron chi connectivity index (χ0n) is 23.9. The van der Waals surface area contributed by atoms with Gasteiger partial charge in [-0.05, 0) is 24.6 Å². The maximum Gasteiger partial charge on any atom is 0.392 e. The molecule has 0 aliphatic carbocycles. The van der Waals surface area contributed by atoms with Gasteiger partial charge in [0.25, 0.3) is 5.91 Å². The smallest absolute Gasteiger partial charge is 0.392 e. The molecule has 0 aromatic carbocycles. The van der Waals surface area contributed by atoms with Crippen molar-refractivity contribution in [2.75, 3.05) is 33.4 Å². The molecule has 1 atom stereocenters. The fourth-order valence-electron chi connectivity index (χ4n) is 3.78. The van der Waals surface area contributed by atoms with Gasteiger partial charge in [-0.15, -0.1) is 0 Å².